The Balaban J connectivity index is 1.62. The van der Waals surface area contributed by atoms with Gasteiger partial charge in [0, 0.05) is 11.8 Å². The van der Waals surface area contributed by atoms with E-state index in [1.165, 1.54) is 12.5 Å². The number of hydrazone groups is 1. The quantitative estimate of drug-likeness (QED) is 0.269. The maximum atomic E-state index is 12.8. The van der Waals surface area contributed by atoms with E-state index < -0.39 is 5.91 Å². The molecule has 3 heterocycles. The number of furan rings is 1. The van der Waals surface area contributed by atoms with Crippen LogP contribution in [0.5, 0.6) is 5.75 Å². The van der Waals surface area contributed by atoms with Crippen LogP contribution in [0.3, 0.4) is 0 Å². The molecule has 31 heavy (non-hydrogen) atoms. The van der Waals surface area contributed by atoms with Gasteiger partial charge in [-0.3, -0.25) is 9.48 Å². The summed E-state index contributed by atoms with van der Waals surface area (Å²) in [7, 11) is 1.61. The minimum Gasteiger partial charge on any atom is -0.497 e. The number of ether oxygens (including phenoxy) is 1. The maximum Gasteiger partial charge on any atom is 0.289 e. The fourth-order valence-corrected chi connectivity index (χ4v) is 2.98. The van der Waals surface area contributed by atoms with Crippen LogP contribution in [0.4, 0.5) is 0 Å². The molecule has 1 aromatic carbocycles. The zero-order valence-corrected chi connectivity index (χ0v) is 17.3. The van der Waals surface area contributed by atoms with Crippen LogP contribution >= 0.6 is 11.6 Å². The first-order valence-corrected chi connectivity index (χ1v) is 9.70. The van der Waals surface area contributed by atoms with E-state index in [9.17, 15) is 4.79 Å². The third kappa shape index (κ3) is 4.99. The smallest absolute Gasteiger partial charge is 0.289 e. The number of halogens is 1. The number of rotatable bonds is 7. The molecule has 9 heteroatoms. The van der Waals surface area contributed by atoms with Gasteiger partial charge in [0.1, 0.15) is 22.4 Å². The molecule has 156 valence electrons. The van der Waals surface area contributed by atoms with Crippen LogP contribution in [-0.2, 0) is 6.54 Å². The van der Waals surface area contributed by atoms with Crippen LogP contribution in [0, 0.1) is 0 Å². The van der Waals surface area contributed by atoms with E-state index in [0.717, 1.165) is 16.9 Å². The Morgan fingerprint density at radius 2 is 2.10 bits per heavy atom. The Morgan fingerprint density at radius 3 is 2.77 bits per heavy atom. The van der Waals surface area contributed by atoms with Crippen LogP contribution in [-0.4, -0.2) is 34.0 Å². The summed E-state index contributed by atoms with van der Waals surface area (Å²) in [4.78, 5) is 16.9. The number of nitrogens with zero attached hydrogens (tertiary/aromatic N) is 4. The van der Waals surface area contributed by atoms with Crippen molar-refractivity contribution < 1.29 is 13.9 Å². The number of amides is 1. The molecule has 0 atom stereocenters. The molecule has 0 aliphatic rings. The van der Waals surface area contributed by atoms with Gasteiger partial charge >= 0.3 is 0 Å². The van der Waals surface area contributed by atoms with Gasteiger partial charge in [-0.05, 0) is 54.1 Å². The Kier molecular flexibility index (Phi) is 6.09. The summed E-state index contributed by atoms with van der Waals surface area (Å²) in [6.45, 7) is 0.338. The molecule has 4 rings (SSSR count). The molecular weight excluding hydrogens is 418 g/mol. The van der Waals surface area contributed by atoms with E-state index in [0.29, 0.717) is 28.8 Å². The van der Waals surface area contributed by atoms with E-state index in [-0.39, 0.29) is 0 Å². The number of carbonyl (C=O) groups excluding carboxylic acids is 1. The Labute approximate surface area is 183 Å². The van der Waals surface area contributed by atoms with Crippen LogP contribution in [0.15, 0.2) is 76.6 Å². The molecule has 0 fully saturated rings. The summed E-state index contributed by atoms with van der Waals surface area (Å²) in [6.07, 6.45) is 4.60. The van der Waals surface area contributed by atoms with Gasteiger partial charge < -0.3 is 9.15 Å². The lowest BCUT2D eigenvalue weighted by molar-refractivity contribution is 0.0945. The minimum atomic E-state index is -0.406. The average Bonchev–Trinajstić information content (AvgIpc) is 3.45. The molecule has 0 saturated heterocycles. The van der Waals surface area contributed by atoms with Crippen LogP contribution in [0.25, 0.3) is 11.3 Å². The summed E-state index contributed by atoms with van der Waals surface area (Å²) in [6, 6.07) is 16.1. The second-order valence-electron chi connectivity index (χ2n) is 6.50. The van der Waals surface area contributed by atoms with Crippen molar-refractivity contribution in [2.75, 3.05) is 7.11 Å². The van der Waals surface area contributed by atoms with Gasteiger partial charge in [0.2, 0.25) is 0 Å². The summed E-state index contributed by atoms with van der Waals surface area (Å²) >= 11 is 5.87. The molecule has 4 aromatic rings. The number of hydrogen-bond acceptors (Lipinski definition) is 6. The van der Waals surface area contributed by atoms with Gasteiger partial charge in [0.15, 0.2) is 0 Å². The molecule has 0 saturated carbocycles. The van der Waals surface area contributed by atoms with Gasteiger partial charge in [0.25, 0.3) is 5.91 Å². The third-order valence-corrected chi connectivity index (χ3v) is 4.64. The van der Waals surface area contributed by atoms with Crippen molar-refractivity contribution in [2.24, 2.45) is 5.10 Å². The first-order chi connectivity index (χ1) is 15.1. The Morgan fingerprint density at radius 1 is 1.26 bits per heavy atom. The molecule has 0 spiro atoms. The monoisotopic (exact) mass is 435 g/mol. The Bertz CT molecular complexity index is 1180. The van der Waals surface area contributed by atoms with E-state index in [4.69, 9.17) is 20.8 Å². The van der Waals surface area contributed by atoms with Crippen molar-refractivity contribution >= 4 is 23.7 Å². The largest absolute Gasteiger partial charge is 0.497 e. The van der Waals surface area contributed by atoms with Crippen molar-refractivity contribution in [1.29, 1.82) is 0 Å². The molecule has 8 nitrogen and oxygen atoms in total. The average molecular weight is 436 g/mol. The maximum absolute atomic E-state index is 12.8. The normalized spacial score (nSPS) is 11.0. The second kappa shape index (κ2) is 9.27. The zero-order chi connectivity index (χ0) is 21.6. The number of aromatic nitrogens is 3. The highest BCUT2D eigenvalue weighted by molar-refractivity contribution is 6.29. The van der Waals surface area contributed by atoms with E-state index >= 15 is 0 Å². The number of benzene rings is 1. The van der Waals surface area contributed by atoms with Gasteiger partial charge in [-0.2, -0.15) is 10.2 Å². The highest BCUT2D eigenvalue weighted by Gasteiger charge is 2.17. The number of carbonyl (C=O) groups is 1. The first kappa shape index (κ1) is 20.4. The first-order valence-electron chi connectivity index (χ1n) is 9.32. The van der Waals surface area contributed by atoms with E-state index in [1.807, 2.05) is 30.3 Å². The van der Waals surface area contributed by atoms with Crippen LogP contribution in [0.1, 0.15) is 21.8 Å². The standard InChI is InChI=1S/C22H18ClN5O3/c1-30-17-7-5-16(6-8-17)19-11-20(22(29)26-25-13-18-3-2-10-31-18)28(27-19)14-15-4-9-21(23)24-12-15/h2-13H,14H2,1H3,(H,26,29)/b25-13+. The van der Waals surface area contributed by atoms with Crippen molar-refractivity contribution in [3.8, 4) is 17.0 Å². The highest BCUT2D eigenvalue weighted by atomic mass is 35.5. The summed E-state index contributed by atoms with van der Waals surface area (Å²) < 4.78 is 12.0. The fraction of sp³-hybridized carbons (Fsp3) is 0.0909. The van der Waals surface area contributed by atoms with Gasteiger partial charge in [-0.1, -0.05) is 17.7 Å². The molecule has 0 aliphatic heterocycles. The number of methoxy groups -OCH3 is 1. The van der Waals surface area contributed by atoms with Gasteiger partial charge in [-0.25, -0.2) is 10.4 Å². The second-order valence-corrected chi connectivity index (χ2v) is 6.89. The molecule has 0 bridgehead atoms. The third-order valence-electron chi connectivity index (χ3n) is 4.42. The fourth-order valence-electron chi connectivity index (χ4n) is 2.87. The molecule has 0 aliphatic carbocycles. The van der Waals surface area contributed by atoms with E-state index in [2.05, 4.69) is 20.6 Å². The SMILES string of the molecule is COc1ccc(-c2cc(C(=O)N/N=C/c3ccco3)n(Cc3ccc(Cl)nc3)n2)cc1. The summed E-state index contributed by atoms with van der Waals surface area (Å²) in [5.41, 5.74) is 5.19. The molecular formula is C22H18ClN5O3. The Hall–Kier alpha value is -3.91. The molecule has 3 aromatic heterocycles. The van der Waals surface area contributed by atoms with Crippen molar-refractivity contribution in [2.45, 2.75) is 6.54 Å². The molecule has 1 amide bonds. The van der Waals surface area contributed by atoms with Crippen molar-refractivity contribution in [3.63, 3.8) is 0 Å². The zero-order valence-electron chi connectivity index (χ0n) is 16.5. The van der Waals surface area contributed by atoms with Gasteiger partial charge in [-0.15, -0.1) is 0 Å². The lowest BCUT2D eigenvalue weighted by atomic mass is 10.1. The summed E-state index contributed by atoms with van der Waals surface area (Å²) in [5, 5.41) is 8.96. The van der Waals surface area contributed by atoms with Crippen molar-refractivity contribution in [3.05, 3.63) is 89.2 Å². The van der Waals surface area contributed by atoms with Gasteiger partial charge in [0.05, 0.1) is 31.8 Å². The predicted octanol–water partition coefficient (Wildman–Crippen LogP) is 4.01. The van der Waals surface area contributed by atoms with Crippen LogP contribution < -0.4 is 10.2 Å². The lowest BCUT2D eigenvalue weighted by Gasteiger charge is -2.06. The molecule has 0 unspecified atom stereocenters. The highest BCUT2D eigenvalue weighted by Crippen LogP contribution is 2.23. The topological polar surface area (TPSA) is 94.5 Å². The van der Waals surface area contributed by atoms with Crippen LogP contribution in [0.2, 0.25) is 5.15 Å². The number of pyridine rings is 1. The lowest BCUT2D eigenvalue weighted by Crippen LogP contribution is -2.22. The molecule has 0 radical (unpaired) electrons. The van der Waals surface area contributed by atoms with E-state index in [1.54, 1.807) is 42.3 Å². The number of nitrogens with one attached hydrogen (secondary N) is 1. The molecule has 1 N–H and O–H groups in total. The van der Waals surface area contributed by atoms with Crippen molar-refractivity contribution in [1.82, 2.24) is 20.2 Å². The number of hydrogen-bond donors (Lipinski definition) is 1. The summed E-state index contributed by atoms with van der Waals surface area (Å²) in [5.74, 6) is 0.859. The minimum absolute atomic E-state index is 0.338. The predicted molar refractivity (Wildman–Crippen MR) is 116 cm³/mol.